The molecule has 32 heavy (non-hydrogen) atoms. The van der Waals surface area contributed by atoms with E-state index in [2.05, 4.69) is 30.1 Å². The molecule has 0 spiro atoms. The Bertz CT molecular complexity index is 1120. The summed E-state index contributed by atoms with van der Waals surface area (Å²) in [5.74, 6) is 1.83. The summed E-state index contributed by atoms with van der Waals surface area (Å²) in [4.78, 5) is 21.8. The Kier molecular flexibility index (Phi) is 6.66. The van der Waals surface area contributed by atoms with Gasteiger partial charge in [0.25, 0.3) is 5.69 Å². The van der Waals surface area contributed by atoms with Gasteiger partial charge < -0.3 is 19.5 Å². The first-order chi connectivity index (χ1) is 15.4. The lowest BCUT2D eigenvalue weighted by atomic mass is 9.96. The van der Waals surface area contributed by atoms with Gasteiger partial charge in [0, 0.05) is 42.8 Å². The number of anilines is 1. The molecule has 11 heteroatoms. The van der Waals surface area contributed by atoms with Crippen molar-refractivity contribution < 1.29 is 9.66 Å². The second kappa shape index (κ2) is 9.61. The summed E-state index contributed by atoms with van der Waals surface area (Å²) >= 11 is 7.26. The van der Waals surface area contributed by atoms with Crippen LogP contribution in [0.2, 0.25) is 0 Å². The number of likely N-dealkylation sites (tertiary alicyclic amines) is 1. The van der Waals surface area contributed by atoms with E-state index in [-0.39, 0.29) is 5.69 Å². The molecule has 1 aliphatic rings. The molecule has 1 aromatic carbocycles. The number of thiazole rings is 1. The van der Waals surface area contributed by atoms with Crippen LogP contribution in [-0.4, -0.2) is 49.7 Å². The van der Waals surface area contributed by atoms with Crippen molar-refractivity contribution in [3.8, 4) is 5.75 Å². The van der Waals surface area contributed by atoms with E-state index in [9.17, 15) is 10.1 Å². The van der Waals surface area contributed by atoms with Crippen LogP contribution in [-0.2, 0) is 6.54 Å². The monoisotopic (exact) mass is 472 g/mol. The second-order valence-corrected chi connectivity index (χ2v) is 9.05. The van der Waals surface area contributed by atoms with E-state index in [0.717, 1.165) is 49.0 Å². The standard InChI is InChI=1S/C21H24N6O3S2/c1-14-23-16(13-32-14)12-26-10-7-22-20(26)15-5-8-25(9-6-15)21(31)24-18-4-3-17(27(28)29)11-19(18)30-2/h3-4,7,10-11,13,15H,5-6,8-9,12H2,1-2H3,(H,24,31). The molecule has 4 rings (SSSR count). The first kappa shape index (κ1) is 22.2. The number of methoxy groups -OCH3 is 1. The molecule has 0 atom stereocenters. The number of ether oxygens (including phenoxy) is 1. The Labute approximate surface area is 195 Å². The Morgan fingerprint density at radius 1 is 1.41 bits per heavy atom. The van der Waals surface area contributed by atoms with Gasteiger partial charge in [-0.25, -0.2) is 9.97 Å². The van der Waals surface area contributed by atoms with Crippen molar-refractivity contribution in [1.82, 2.24) is 19.4 Å². The van der Waals surface area contributed by atoms with Gasteiger partial charge in [0.15, 0.2) is 5.11 Å². The summed E-state index contributed by atoms with van der Waals surface area (Å²) < 4.78 is 7.48. The highest BCUT2D eigenvalue weighted by atomic mass is 32.1. The summed E-state index contributed by atoms with van der Waals surface area (Å²) in [6, 6.07) is 4.44. The van der Waals surface area contributed by atoms with Gasteiger partial charge in [-0.15, -0.1) is 11.3 Å². The van der Waals surface area contributed by atoms with E-state index in [1.165, 1.54) is 19.2 Å². The number of rotatable bonds is 6. The van der Waals surface area contributed by atoms with E-state index >= 15 is 0 Å². The average Bonchev–Trinajstić information content (AvgIpc) is 3.42. The Hall–Kier alpha value is -3.05. The number of benzene rings is 1. The highest BCUT2D eigenvalue weighted by molar-refractivity contribution is 7.80. The topological polar surface area (TPSA) is 98.4 Å². The number of hydrogen-bond acceptors (Lipinski definition) is 7. The first-order valence-corrected chi connectivity index (χ1v) is 11.5. The molecular weight excluding hydrogens is 448 g/mol. The van der Waals surface area contributed by atoms with E-state index in [1.54, 1.807) is 17.4 Å². The van der Waals surface area contributed by atoms with Crippen molar-refractivity contribution in [3.05, 3.63) is 62.6 Å². The first-order valence-electron chi connectivity index (χ1n) is 10.2. The quantitative estimate of drug-likeness (QED) is 0.324. The molecule has 0 bridgehead atoms. The minimum absolute atomic E-state index is 0.0255. The van der Waals surface area contributed by atoms with Gasteiger partial charge in [-0.3, -0.25) is 10.1 Å². The molecule has 0 radical (unpaired) electrons. The number of nitro groups is 1. The smallest absolute Gasteiger partial charge is 0.273 e. The lowest BCUT2D eigenvalue weighted by Crippen LogP contribution is -2.40. The van der Waals surface area contributed by atoms with Crippen molar-refractivity contribution in [2.75, 3.05) is 25.5 Å². The van der Waals surface area contributed by atoms with Gasteiger partial charge in [-0.05, 0) is 38.0 Å². The van der Waals surface area contributed by atoms with Crippen molar-refractivity contribution in [3.63, 3.8) is 0 Å². The number of hydrogen-bond donors (Lipinski definition) is 1. The Balaban J connectivity index is 1.37. The van der Waals surface area contributed by atoms with E-state index in [1.807, 2.05) is 19.3 Å². The van der Waals surface area contributed by atoms with Crippen LogP contribution in [0.3, 0.4) is 0 Å². The van der Waals surface area contributed by atoms with Crippen LogP contribution in [0.15, 0.2) is 36.0 Å². The number of non-ortho nitro benzene ring substituents is 1. The molecule has 0 unspecified atom stereocenters. The largest absolute Gasteiger partial charge is 0.494 e. The van der Waals surface area contributed by atoms with Gasteiger partial charge >= 0.3 is 0 Å². The van der Waals surface area contributed by atoms with E-state index in [4.69, 9.17) is 17.0 Å². The molecule has 1 aliphatic heterocycles. The third kappa shape index (κ3) is 4.89. The summed E-state index contributed by atoms with van der Waals surface area (Å²) in [6.45, 7) is 4.35. The van der Waals surface area contributed by atoms with Gasteiger partial charge in [0.2, 0.25) is 0 Å². The zero-order valence-electron chi connectivity index (χ0n) is 17.9. The molecular formula is C21H24N6O3S2. The molecule has 0 amide bonds. The van der Waals surface area contributed by atoms with Crippen LogP contribution in [0.25, 0.3) is 0 Å². The Morgan fingerprint density at radius 3 is 2.84 bits per heavy atom. The fraction of sp³-hybridized carbons (Fsp3) is 0.381. The number of nitrogens with zero attached hydrogens (tertiary/aromatic N) is 5. The van der Waals surface area contributed by atoms with Crippen molar-refractivity contribution in [2.45, 2.75) is 32.2 Å². The number of nitro benzene ring substituents is 1. The second-order valence-electron chi connectivity index (χ2n) is 7.60. The average molecular weight is 473 g/mol. The maximum Gasteiger partial charge on any atom is 0.273 e. The van der Waals surface area contributed by atoms with Gasteiger partial charge in [0.05, 0.1) is 41.0 Å². The highest BCUT2D eigenvalue weighted by Crippen LogP contribution is 2.31. The number of piperidine rings is 1. The predicted molar refractivity (Wildman–Crippen MR) is 128 cm³/mol. The summed E-state index contributed by atoms with van der Waals surface area (Å²) in [5, 5.41) is 17.9. The molecule has 9 nitrogen and oxygen atoms in total. The van der Waals surface area contributed by atoms with Crippen LogP contribution < -0.4 is 10.1 Å². The zero-order valence-corrected chi connectivity index (χ0v) is 19.5. The van der Waals surface area contributed by atoms with Gasteiger partial charge in [0.1, 0.15) is 11.6 Å². The maximum absolute atomic E-state index is 11.0. The van der Waals surface area contributed by atoms with Crippen LogP contribution in [0, 0.1) is 17.0 Å². The van der Waals surface area contributed by atoms with Crippen LogP contribution in [0.5, 0.6) is 5.75 Å². The molecule has 1 fully saturated rings. The maximum atomic E-state index is 11.0. The molecule has 1 N–H and O–H groups in total. The van der Waals surface area contributed by atoms with Crippen molar-refractivity contribution >= 4 is 40.0 Å². The molecule has 0 saturated carbocycles. The van der Waals surface area contributed by atoms with E-state index in [0.29, 0.717) is 22.5 Å². The predicted octanol–water partition coefficient (Wildman–Crippen LogP) is 4.19. The van der Waals surface area contributed by atoms with Crippen molar-refractivity contribution in [2.24, 2.45) is 0 Å². The lowest BCUT2D eigenvalue weighted by molar-refractivity contribution is -0.384. The third-order valence-corrected chi connectivity index (χ3v) is 6.71. The molecule has 2 aromatic heterocycles. The molecule has 1 saturated heterocycles. The summed E-state index contributed by atoms with van der Waals surface area (Å²) in [7, 11) is 1.48. The number of thiocarbonyl (C=S) groups is 1. The van der Waals surface area contributed by atoms with Crippen LogP contribution in [0.1, 0.15) is 35.3 Å². The molecule has 3 aromatic rings. The minimum atomic E-state index is -0.450. The number of imidazole rings is 1. The Morgan fingerprint density at radius 2 is 2.19 bits per heavy atom. The van der Waals surface area contributed by atoms with Gasteiger partial charge in [-0.2, -0.15) is 0 Å². The normalized spacial score (nSPS) is 14.4. The molecule has 0 aliphatic carbocycles. The number of nitrogens with one attached hydrogen (secondary N) is 1. The summed E-state index contributed by atoms with van der Waals surface area (Å²) in [6.07, 6.45) is 5.75. The van der Waals surface area contributed by atoms with Gasteiger partial charge in [-0.1, -0.05) is 0 Å². The molecule has 168 valence electrons. The summed E-state index contributed by atoms with van der Waals surface area (Å²) in [5.41, 5.74) is 1.65. The minimum Gasteiger partial charge on any atom is -0.494 e. The lowest BCUT2D eigenvalue weighted by Gasteiger charge is -2.33. The fourth-order valence-electron chi connectivity index (χ4n) is 3.90. The zero-order chi connectivity index (χ0) is 22.7. The van der Waals surface area contributed by atoms with Crippen molar-refractivity contribution in [1.29, 1.82) is 0 Å². The fourth-order valence-corrected chi connectivity index (χ4v) is 4.80. The third-order valence-electron chi connectivity index (χ3n) is 5.53. The number of aryl methyl sites for hydroxylation is 1. The van der Waals surface area contributed by atoms with E-state index < -0.39 is 4.92 Å². The van der Waals surface area contributed by atoms with Crippen LogP contribution >= 0.6 is 23.6 Å². The molecule has 3 heterocycles. The highest BCUT2D eigenvalue weighted by Gasteiger charge is 2.26. The number of aromatic nitrogens is 3. The SMILES string of the molecule is COc1cc([N+](=O)[O-])ccc1NC(=S)N1CCC(c2nccn2Cc2csc(C)n2)CC1. The van der Waals surface area contributed by atoms with Crippen LogP contribution in [0.4, 0.5) is 11.4 Å².